The number of carbonyl (C=O) groups is 3. The number of hydrogen-bond donors (Lipinski definition) is 1. The zero-order valence-electron chi connectivity index (χ0n) is 15.1. The quantitative estimate of drug-likeness (QED) is 0.345. The molecule has 28 heavy (non-hydrogen) atoms. The summed E-state index contributed by atoms with van der Waals surface area (Å²) in [6, 6.07) is 9.71. The molecule has 0 unspecified atom stereocenters. The van der Waals surface area contributed by atoms with Crippen LogP contribution in [0.25, 0.3) is 6.08 Å². The van der Waals surface area contributed by atoms with E-state index >= 15 is 0 Å². The van der Waals surface area contributed by atoms with Crippen LogP contribution in [-0.2, 0) is 9.59 Å². The molecule has 0 atom stereocenters. The van der Waals surface area contributed by atoms with Gasteiger partial charge in [0.15, 0.2) is 0 Å². The second-order valence-electron chi connectivity index (χ2n) is 6.04. The van der Waals surface area contributed by atoms with Crippen molar-refractivity contribution >= 4 is 68.1 Å². The Morgan fingerprint density at radius 1 is 1.18 bits per heavy atom. The summed E-state index contributed by atoms with van der Waals surface area (Å²) in [5, 5.41) is 2.22. The first-order valence-corrected chi connectivity index (χ1v) is 10.3. The van der Waals surface area contributed by atoms with Crippen molar-refractivity contribution in [3.8, 4) is 5.75 Å². The van der Waals surface area contributed by atoms with Crippen LogP contribution in [-0.4, -0.2) is 24.5 Å². The van der Waals surface area contributed by atoms with Gasteiger partial charge in [0, 0.05) is 0 Å². The number of imide groups is 2. The van der Waals surface area contributed by atoms with Gasteiger partial charge in [-0.2, -0.15) is 0 Å². The van der Waals surface area contributed by atoms with E-state index in [9.17, 15) is 14.4 Å². The van der Waals surface area contributed by atoms with E-state index in [-0.39, 0.29) is 5.57 Å². The largest absolute Gasteiger partial charge is 0.492 e. The number of anilines is 1. The highest BCUT2D eigenvalue weighted by Crippen LogP contribution is 2.33. The number of benzene rings is 2. The van der Waals surface area contributed by atoms with Crippen molar-refractivity contribution < 1.29 is 19.1 Å². The van der Waals surface area contributed by atoms with E-state index in [0.29, 0.717) is 28.1 Å². The van der Waals surface area contributed by atoms with Crippen LogP contribution in [0.5, 0.6) is 5.75 Å². The van der Waals surface area contributed by atoms with Crippen molar-refractivity contribution in [1.29, 1.82) is 0 Å². The molecule has 1 heterocycles. The van der Waals surface area contributed by atoms with Crippen LogP contribution >= 0.6 is 38.5 Å². The van der Waals surface area contributed by atoms with E-state index < -0.39 is 17.8 Å². The number of hydrogen-bond acceptors (Lipinski definition) is 4. The van der Waals surface area contributed by atoms with Gasteiger partial charge in [0.1, 0.15) is 11.3 Å². The van der Waals surface area contributed by atoms with Gasteiger partial charge in [-0.3, -0.25) is 14.9 Å². The van der Waals surface area contributed by atoms with Gasteiger partial charge in [-0.25, -0.2) is 9.69 Å². The van der Waals surface area contributed by atoms with Crippen molar-refractivity contribution in [2.24, 2.45) is 0 Å². The Balaban J connectivity index is 2.00. The first-order valence-electron chi connectivity index (χ1n) is 8.41. The molecule has 1 fully saturated rings. The molecular weight excluding hydrogens is 539 g/mol. The minimum atomic E-state index is -0.765. The molecule has 1 aliphatic rings. The van der Waals surface area contributed by atoms with Crippen LogP contribution in [0.4, 0.5) is 10.5 Å². The fourth-order valence-electron chi connectivity index (χ4n) is 2.70. The second-order valence-corrected chi connectivity index (χ2v) is 8.06. The average Bonchev–Trinajstić information content (AvgIpc) is 2.63. The van der Waals surface area contributed by atoms with E-state index in [2.05, 4.69) is 43.8 Å². The van der Waals surface area contributed by atoms with Gasteiger partial charge in [0.25, 0.3) is 11.8 Å². The van der Waals surface area contributed by atoms with Crippen molar-refractivity contribution in [2.45, 2.75) is 13.8 Å². The highest BCUT2D eigenvalue weighted by Gasteiger charge is 2.36. The predicted molar refractivity (Wildman–Crippen MR) is 118 cm³/mol. The summed E-state index contributed by atoms with van der Waals surface area (Å²) in [6.07, 6.45) is 1.47. The Bertz CT molecular complexity index is 979. The first-order chi connectivity index (χ1) is 13.3. The van der Waals surface area contributed by atoms with Crippen LogP contribution in [0, 0.1) is 10.5 Å². The molecule has 1 saturated heterocycles. The minimum Gasteiger partial charge on any atom is -0.492 e. The maximum Gasteiger partial charge on any atom is 0.335 e. The minimum absolute atomic E-state index is 0.118. The SMILES string of the molecule is CCOc1c(Br)cc(/C=C2\C(=O)NC(=O)N(c3ccc(C)cc3)C2=O)cc1I. The number of nitrogens with one attached hydrogen (secondary N) is 1. The maximum atomic E-state index is 12.9. The fraction of sp³-hybridized carbons (Fsp3) is 0.150. The molecule has 3 rings (SSSR count). The molecule has 1 N–H and O–H groups in total. The average molecular weight is 555 g/mol. The van der Waals surface area contributed by atoms with E-state index in [1.165, 1.54) is 6.08 Å². The third-order valence-electron chi connectivity index (χ3n) is 4.01. The second kappa shape index (κ2) is 8.44. The summed E-state index contributed by atoms with van der Waals surface area (Å²) in [4.78, 5) is 38.4. The molecule has 0 bridgehead atoms. The van der Waals surface area contributed by atoms with Gasteiger partial charge < -0.3 is 4.74 Å². The molecule has 0 aromatic heterocycles. The molecule has 2 aromatic carbocycles. The zero-order chi connectivity index (χ0) is 20.4. The summed E-state index contributed by atoms with van der Waals surface area (Å²) >= 11 is 5.57. The van der Waals surface area contributed by atoms with Gasteiger partial charge in [0.2, 0.25) is 0 Å². The number of ether oxygens (including phenoxy) is 1. The van der Waals surface area contributed by atoms with Crippen molar-refractivity contribution in [3.63, 3.8) is 0 Å². The number of aryl methyl sites for hydroxylation is 1. The molecule has 4 amide bonds. The lowest BCUT2D eigenvalue weighted by Gasteiger charge is -2.26. The lowest BCUT2D eigenvalue weighted by molar-refractivity contribution is -0.122. The third-order valence-corrected chi connectivity index (χ3v) is 5.40. The Morgan fingerprint density at radius 3 is 2.46 bits per heavy atom. The highest BCUT2D eigenvalue weighted by atomic mass is 127. The van der Waals surface area contributed by atoms with Gasteiger partial charge in [0.05, 0.1) is 20.3 Å². The summed E-state index contributed by atoms with van der Waals surface area (Å²) in [5.41, 5.74) is 1.91. The van der Waals surface area contributed by atoms with Crippen LogP contribution in [0.3, 0.4) is 0 Å². The zero-order valence-corrected chi connectivity index (χ0v) is 18.8. The lowest BCUT2D eigenvalue weighted by Crippen LogP contribution is -2.54. The number of rotatable bonds is 4. The van der Waals surface area contributed by atoms with E-state index in [0.717, 1.165) is 14.0 Å². The lowest BCUT2D eigenvalue weighted by atomic mass is 10.1. The van der Waals surface area contributed by atoms with Gasteiger partial charge in [-0.15, -0.1) is 0 Å². The van der Waals surface area contributed by atoms with Crippen molar-refractivity contribution in [1.82, 2.24) is 5.32 Å². The van der Waals surface area contributed by atoms with Crippen molar-refractivity contribution in [2.75, 3.05) is 11.5 Å². The Hall–Kier alpha value is -2.20. The molecule has 8 heteroatoms. The van der Waals surface area contributed by atoms with Crippen LogP contribution in [0.15, 0.2) is 46.4 Å². The molecule has 0 aliphatic carbocycles. The summed E-state index contributed by atoms with van der Waals surface area (Å²) in [5.74, 6) is -0.697. The smallest absolute Gasteiger partial charge is 0.335 e. The molecule has 0 saturated carbocycles. The predicted octanol–water partition coefficient (Wildman–Crippen LogP) is 4.43. The normalized spacial score (nSPS) is 15.8. The molecule has 1 aliphatic heterocycles. The molecule has 0 spiro atoms. The van der Waals surface area contributed by atoms with E-state index in [1.807, 2.05) is 13.8 Å². The third kappa shape index (κ3) is 4.12. The topological polar surface area (TPSA) is 75.7 Å². The number of carbonyl (C=O) groups excluding carboxylic acids is 3. The maximum absolute atomic E-state index is 12.9. The highest BCUT2D eigenvalue weighted by molar-refractivity contribution is 14.1. The molecule has 144 valence electrons. The van der Waals surface area contributed by atoms with Gasteiger partial charge in [-0.05, 0) is 88.3 Å². The van der Waals surface area contributed by atoms with Crippen molar-refractivity contribution in [3.05, 3.63) is 61.1 Å². The summed E-state index contributed by atoms with van der Waals surface area (Å²) < 4.78 is 7.12. The number of halogens is 2. The Morgan fingerprint density at radius 2 is 1.86 bits per heavy atom. The monoisotopic (exact) mass is 554 g/mol. The summed E-state index contributed by atoms with van der Waals surface area (Å²) in [7, 11) is 0. The number of urea groups is 1. The standard InChI is InChI=1S/C20H16BrIN2O4/c1-3-28-17-15(21)9-12(10-16(17)22)8-14-18(25)23-20(27)24(19(14)26)13-6-4-11(2)5-7-13/h4-10H,3H2,1-2H3,(H,23,25,27)/b14-8+. The van der Waals surface area contributed by atoms with Crippen LogP contribution < -0.4 is 15.0 Å². The van der Waals surface area contributed by atoms with Crippen LogP contribution in [0.1, 0.15) is 18.1 Å². The Labute approximate surface area is 184 Å². The molecule has 6 nitrogen and oxygen atoms in total. The van der Waals surface area contributed by atoms with Gasteiger partial charge >= 0.3 is 6.03 Å². The summed E-state index contributed by atoms with van der Waals surface area (Å²) in [6.45, 7) is 4.31. The molecule has 2 aromatic rings. The number of barbiturate groups is 1. The Kier molecular flexibility index (Phi) is 6.19. The molecular formula is C20H16BrIN2O4. The molecule has 0 radical (unpaired) electrons. The van der Waals surface area contributed by atoms with E-state index in [1.54, 1.807) is 36.4 Å². The first kappa shape index (κ1) is 20.5. The number of nitrogens with zero attached hydrogens (tertiary/aromatic N) is 1. The number of amides is 4. The van der Waals surface area contributed by atoms with Gasteiger partial charge in [-0.1, -0.05) is 17.7 Å². The van der Waals surface area contributed by atoms with Crippen LogP contribution in [0.2, 0.25) is 0 Å². The fourth-order valence-corrected chi connectivity index (χ4v) is 4.47. The van der Waals surface area contributed by atoms with E-state index in [4.69, 9.17) is 4.74 Å².